The fraction of sp³-hybridized carbons (Fsp3) is 0.462. The molecule has 0 fully saturated rings. The SMILES string of the molecule is CN(C)CCCn1c(CS)nc2cc(F)ccc21. The van der Waals surface area contributed by atoms with E-state index in [0.717, 1.165) is 30.9 Å². The Morgan fingerprint density at radius 3 is 2.83 bits per heavy atom. The first-order valence-electron chi connectivity index (χ1n) is 6.02. The number of benzene rings is 1. The molecule has 3 nitrogen and oxygen atoms in total. The fourth-order valence-corrected chi connectivity index (χ4v) is 2.31. The molecule has 0 amide bonds. The second-order valence-electron chi connectivity index (χ2n) is 4.63. The van der Waals surface area contributed by atoms with Gasteiger partial charge in [-0.05, 0) is 39.2 Å². The van der Waals surface area contributed by atoms with Crippen molar-refractivity contribution in [2.24, 2.45) is 0 Å². The van der Waals surface area contributed by atoms with Crippen molar-refractivity contribution in [1.82, 2.24) is 14.5 Å². The van der Waals surface area contributed by atoms with Gasteiger partial charge in [-0.25, -0.2) is 9.37 Å². The molecule has 0 bridgehead atoms. The van der Waals surface area contributed by atoms with Crippen molar-refractivity contribution in [3.8, 4) is 0 Å². The second kappa shape index (κ2) is 5.71. The highest BCUT2D eigenvalue weighted by molar-refractivity contribution is 7.79. The molecule has 1 aromatic carbocycles. The Bertz CT molecular complexity index is 536. The molecular weight excluding hydrogens is 249 g/mol. The molecule has 1 aromatic heterocycles. The minimum Gasteiger partial charge on any atom is -0.327 e. The molecule has 0 spiro atoms. The summed E-state index contributed by atoms with van der Waals surface area (Å²) in [7, 11) is 4.11. The highest BCUT2D eigenvalue weighted by Crippen LogP contribution is 2.19. The van der Waals surface area contributed by atoms with Gasteiger partial charge in [0.1, 0.15) is 11.6 Å². The topological polar surface area (TPSA) is 21.1 Å². The summed E-state index contributed by atoms with van der Waals surface area (Å²) in [5, 5.41) is 0. The predicted octanol–water partition coefficient (Wildman–Crippen LogP) is 2.56. The van der Waals surface area contributed by atoms with E-state index in [0.29, 0.717) is 11.3 Å². The summed E-state index contributed by atoms with van der Waals surface area (Å²) >= 11 is 4.29. The highest BCUT2D eigenvalue weighted by atomic mass is 32.1. The average Bonchev–Trinajstić information content (AvgIpc) is 2.66. The molecule has 5 heteroatoms. The lowest BCUT2D eigenvalue weighted by molar-refractivity contribution is 0.386. The Morgan fingerprint density at radius 2 is 2.17 bits per heavy atom. The molecule has 0 radical (unpaired) electrons. The summed E-state index contributed by atoms with van der Waals surface area (Å²) in [6.45, 7) is 1.91. The van der Waals surface area contributed by atoms with Gasteiger partial charge in [-0.1, -0.05) is 0 Å². The van der Waals surface area contributed by atoms with Crippen LogP contribution in [-0.4, -0.2) is 35.1 Å². The van der Waals surface area contributed by atoms with Crippen molar-refractivity contribution >= 4 is 23.7 Å². The lowest BCUT2D eigenvalue weighted by atomic mass is 10.3. The van der Waals surface area contributed by atoms with Crippen molar-refractivity contribution in [2.75, 3.05) is 20.6 Å². The molecule has 0 saturated heterocycles. The van der Waals surface area contributed by atoms with Gasteiger partial charge in [0.2, 0.25) is 0 Å². The Hall–Kier alpha value is -1.07. The molecule has 98 valence electrons. The van der Waals surface area contributed by atoms with Crippen LogP contribution in [0.2, 0.25) is 0 Å². The van der Waals surface area contributed by atoms with Gasteiger partial charge in [-0.3, -0.25) is 0 Å². The predicted molar refractivity (Wildman–Crippen MR) is 75.6 cm³/mol. The van der Waals surface area contributed by atoms with Crippen LogP contribution in [0.15, 0.2) is 18.2 Å². The van der Waals surface area contributed by atoms with E-state index < -0.39 is 0 Å². The Balaban J connectivity index is 2.29. The first kappa shape index (κ1) is 13.4. The average molecular weight is 267 g/mol. The molecule has 0 N–H and O–H groups in total. The zero-order valence-corrected chi connectivity index (χ0v) is 11.6. The molecule has 0 saturated carbocycles. The van der Waals surface area contributed by atoms with E-state index in [2.05, 4.69) is 41.2 Å². The normalized spacial score (nSPS) is 11.6. The van der Waals surface area contributed by atoms with E-state index in [-0.39, 0.29) is 5.82 Å². The largest absolute Gasteiger partial charge is 0.327 e. The van der Waals surface area contributed by atoms with Gasteiger partial charge in [0.25, 0.3) is 0 Å². The van der Waals surface area contributed by atoms with E-state index in [4.69, 9.17) is 0 Å². The molecule has 0 aliphatic heterocycles. The number of thiol groups is 1. The molecule has 0 aliphatic carbocycles. The van der Waals surface area contributed by atoms with E-state index >= 15 is 0 Å². The van der Waals surface area contributed by atoms with Gasteiger partial charge in [0.05, 0.1) is 11.0 Å². The minimum atomic E-state index is -0.244. The van der Waals surface area contributed by atoms with Gasteiger partial charge in [-0.2, -0.15) is 12.6 Å². The van der Waals surface area contributed by atoms with Crippen molar-refractivity contribution in [2.45, 2.75) is 18.7 Å². The molecule has 0 aliphatic rings. The standard InChI is InChI=1S/C13H18FN3S/c1-16(2)6-3-7-17-12-5-4-10(14)8-11(12)15-13(17)9-18/h4-5,8,18H,3,6-7,9H2,1-2H3. The van der Waals surface area contributed by atoms with Gasteiger partial charge in [-0.15, -0.1) is 0 Å². The van der Waals surface area contributed by atoms with Crippen molar-refractivity contribution in [3.05, 3.63) is 29.8 Å². The summed E-state index contributed by atoms with van der Waals surface area (Å²) in [5.41, 5.74) is 1.70. The highest BCUT2D eigenvalue weighted by Gasteiger charge is 2.09. The maximum absolute atomic E-state index is 13.2. The summed E-state index contributed by atoms with van der Waals surface area (Å²) in [4.78, 5) is 6.57. The molecular formula is C13H18FN3S. The van der Waals surface area contributed by atoms with Crippen LogP contribution >= 0.6 is 12.6 Å². The second-order valence-corrected chi connectivity index (χ2v) is 4.94. The molecule has 18 heavy (non-hydrogen) atoms. The summed E-state index contributed by atoms with van der Waals surface area (Å²) in [6.07, 6.45) is 1.04. The number of rotatable bonds is 5. The maximum Gasteiger partial charge on any atom is 0.125 e. The zero-order valence-electron chi connectivity index (χ0n) is 10.7. The van der Waals surface area contributed by atoms with E-state index in [1.807, 2.05) is 0 Å². The van der Waals surface area contributed by atoms with Crippen LogP contribution in [0, 0.1) is 5.82 Å². The van der Waals surface area contributed by atoms with Crippen LogP contribution in [0.1, 0.15) is 12.2 Å². The number of hydrogen-bond donors (Lipinski definition) is 1. The van der Waals surface area contributed by atoms with E-state index in [1.54, 1.807) is 6.07 Å². The number of hydrogen-bond acceptors (Lipinski definition) is 3. The smallest absolute Gasteiger partial charge is 0.125 e. The maximum atomic E-state index is 13.2. The Morgan fingerprint density at radius 1 is 1.39 bits per heavy atom. The molecule has 2 rings (SSSR count). The Labute approximate surface area is 112 Å². The lowest BCUT2D eigenvalue weighted by Crippen LogP contribution is -2.15. The first-order valence-corrected chi connectivity index (χ1v) is 6.65. The zero-order chi connectivity index (χ0) is 13.1. The number of fused-ring (bicyclic) bond motifs is 1. The summed E-state index contributed by atoms with van der Waals surface area (Å²) < 4.78 is 15.3. The third-order valence-electron chi connectivity index (χ3n) is 2.92. The molecule has 2 aromatic rings. The van der Waals surface area contributed by atoms with Gasteiger partial charge in [0, 0.05) is 18.4 Å². The number of aromatic nitrogens is 2. The number of halogens is 1. The van der Waals surface area contributed by atoms with Crippen LogP contribution in [0.25, 0.3) is 11.0 Å². The van der Waals surface area contributed by atoms with Crippen molar-refractivity contribution in [1.29, 1.82) is 0 Å². The van der Waals surface area contributed by atoms with Crippen molar-refractivity contribution < 1.29 is 4.39 Å². The van der Waals surface area contributed by atoms with Crippen LogP contribution < -0.4 is 0 Å². The number of imidazole rings is 1. The van der Waals surface area contributed by atoms with Crippen LogP contribution in [-0.2, 0) is 12.3 Å². The molecule has 0 unspecified atom stereocenters. The van der Waals surface area contributed by atoms with E-state index in [9.17, 15) is 4.39 Å². The summed E-state index contributed by atoms with van der Waals surface area (Å²) in [6, 6.07) is 4.75. The van der Waals surface area contributed by atoms with Crippen molar-refractivity contribution in [3.63, 3.8) is 0 Å². The third-order valence-corrected chi connectivity index (χ3v) is 3.20. The third kappa shape index (κ3) is 2.84. The monoisotopic (exact) mass is 267 g/mol. The van der Waals surface area contributed by atoms with Gasteiger partial charge < -0.3 is 9.47 Å². The van der Waals surface area contributed by atoms with Gasteiger partial charge >= 0.3 is 0 Å². The summed E-state index contributed by atoms with van der Waals surface area (Å²) in [5.74, 6) is 1.22. The minimum absolute atomic E-state index is 0.244. The molecule has 0 atom stereocenters. The van der Waals surface area contributed by atoms with Crippen LogP contribution in [0.4, 0.5) is 4.39 Å². The Kier molecular flexibility index (Phi) is 4.24. The van der Waals surface area contributed by atoms with Gasteiger partial charge in [0.15, 0.2) is 0 Å². The fourth-order valence-electron chi connectivity index (χ4n) is 2.07. The molecule has 1 heterocycles. The number of nitrogens with zero attached hydrogens (tertiary/aromatic N) is 3. The first-order chi connectivity index (χ1) is 8.61. The van der Waals surface area contributed by atoms with Crippen LogP contribution in [0.5, 0.6) is 0 Å². The lowest BCUT2D eigenvalue weighted by Gasteiger charge is -2.11. The van der Waals surface area contributed by atoms with E-state index in [1.165, 1.54) is 12.1 Å². The number of aryl methyl sites for hydroxylation is 1. The quantitative estimate of drug-likeness (QED) is 0.841. The van der Waals surface area contributed by atoms with Crippen LogP contribution in [0.3, 0.4) is 0 Å².